The summed E-state index contributed by atoms with van der Waals surface area (Å²) < 4.78 is 76.6. The van der Waals surface area contributed by atoms with Gasteiger partial charge in [-0.3, -0.25) is 14.5 Å². The first-order valence-electron chi connectivity index (χ1n) is 9.30. The highest BCUT2D eigenvalue weighted by Crippen LogP contribution is 2.29. The van der Waals surface area contributed by atoms with Crippen molar-refractivity contribution in [2.75, 3.05) is 0 Å². The molecule has 0 saturated carbocycles. The van der Waals surface area contributed by atoms with Gasteiger partial charge in [-0.05, 0) is 30.2 Å². The SMILES string of the molecule is CCC(NC(=O)Cc1ccc(C(F)(F)F)cc1)c1cc2cnn(CC(F)(F)F)c2cn1. The van der Waals surface area contributed by atoms with Gasteiger partial charge in [-0.25, -0.2) is 0 Å². The average Bonchev–Trinajstić information content (AvgIpc) is 3.06. The minimum atomic E-state index is -4.45. The normalized spacial score (nSPS) is 13.4. The van der Waals surface area contributed by atoms with Crippen LogP contribution in [0.2, 0.25) is 0 Å². The number of carbonyl (C=O) groups is 1. The molecule has 2 heterocycles. The lowest BCUT2D eigenvalue weighted by Crippen LogP contribution is -2.30. The maximum absolute atomic E-state index is 12.6. The zero-order valence-corrected chi connectivity index (χ0v) is 16.3. The van der Waals surface area contributed by atoms with Crippen molar-refractivity contribution in [1.82, 2.24) is 20.1 Å². The van der Waals surface area contributed by atoms with Crippen molar-refractivity contribution in [1.29, 1.82) is 0 Å². The lowest BCUT2D eigenvalue weighted by atomic mass is 10.1. The summed E-state index contributed by atoms with van der Waals surface area (Å²) >= 11 is 0. The number of benzene rings is 1. The first-order chi connectivity index (χ1) is 14.5. The van der Waals surface area contributed by atoms with E-state index in [1.165, 1.54) is 24.5 Å². The van der Waals surface area contributed by atoms with Gasteiger partial charge < -0.3 is 5.32 Å². The Morgan fingerprint density at radius 3 is 2.35 bits per heavy atom. The lowest BCUT2D eigenvalue weighted by molar-refractivity contribution is -0.142. The summed E-state index contributed by atoms with van der Waals surface area (Å²) in [4.78, 5) is 16.5. The van der Waals surface area contributed by atoms with Crippen molar-refractivity contribution >= 4 is 16.8 Å². The van der Waals surface area contributed by atoms with E-state index in [-0.39, 0.29) is 11.9 Å². The van der Waals surface area contributed by atoms with E-state index in [2.05, 4.69) is 15.4 Å². The van der Waals surface area contributed by atoms with Crippen molar-refractivity contribution in [3.63, 3.8) is 0 Å². The molecular weight excluding hydrogens is 426 g/mol. The number of amides is 1. The quantitative estimate of drug-likeness (QED) is 0.555. The summed E-state index contributed by atoms with van der Waals surface area (Å²) in [6.45, 7) is 0.556. The van der Waals surface area contributed by atoms with Crippen LogP contribution in [0.3, 0.4) is 0 Å². The molecule has 3 aromatic rings. The van der Waals surface area contributed by atoms with Crippen LogP contribution in [-0.2, 0) is 23.9 Å². The van der Waals surface area contributed by atoms with Crippen LogP contribution >= 0.6 is 0 Å². The van der Waals surface area contributed by atoms with E-state index in [0.717, 1.165) is 16.8 Å². The van der Waals surface area contributed by atoms with Gasteiger partial charge in [0.05, 0.1) is 41.6 Å². The van der Waals surface area contributed by atoms with Crippen LogP contribution in [-0.4, -0.2) is 26.8 Å². The molecule has 1 unspecified atom stereocenters. The maximum Gasteiger partial charge on any atom is 0.416 e. The van der Waals surface area contributed by atoms with Gasteiger partial charge in [-0.1, -0.05) is 19.1 Å². The van der Waals surface area contributed by atoms with Crippen LogP contribution in [0.1, 0.15) is 36.2 Å². The Balaban J connectivity index is 1.70. The van der Waals surface area contributed by atoms with Gasteiger partial charge in [0.2, 0.25) is 5.91 Å². The van der Waals surface area contributed by atoms with Crippen molar-refractivity contribution in [2.45, 2.75) is 44.7 Å². The van der Waals surface area contributed by atoms with Gasteiger partial charge in [0, 0.05) is 5.39 Å². The molecule has 1 aromatic carbocycles. The van der Waals surface area contributed by atoms with Crippen LogP contribution in [0.15, 0.2) is 42.7 Å². The van der Waals surface area contributed by atoms with Gasteiger partial charge in [0.1, 0.15) is 6.54 Å². The summed E-state index contributed by atoms with van der Waals surface area (Å²) in [6, 6.07) is 5.34. The molecule has 11 heteroatoms. The zero-order valence-electron chi connectivity index (χ0n) is 16.3. The van der Waals surface area contributed by atoms with Crippen molar-refractivity contribution < 1.29 is 31.1 Å². The van der Waals surface area contributed by atoms with Crippen LogP contribution in [0.25, 0.3) is 10.9 Å². The number of hydrogen-bond donors (Lipinski definition) is 1. The fourth-order valence-corrected chi connectivity index (χ4v) is 3.11. The van der Waals surface area contributed by atoms with E-state index in [9.17, 15) is 31.1 Å². The number of carbonyl (C=O) groups excluding carboxylic acids is 1. The molecule has 0 aliphatic rings. The topological polar surface area (TPSA) is 59.8 Å². The van der Waals surface area contributed by atoms with E-state index >= 15 is 0 Å². The van der Waals surface area contributed by atoms with E-state index in [1.807, 2.05) is 0 Å². The molecule has 0 aliphatic carbocycles. The molecule has 1 atom stereocenters. The van der Waals surface area contributed by atoms with E-state index in [4.69, 9.17) is 0 Å². The van der Waals surface area contributed by atoms with Crippen molar-refractivity contribution in [2.24, 2.45) is 0 Å². The predicted octanol–water partition coefficient (Wildman–Crippen LogP) is 4.82. The maximum atomic E-state index is 12.6. The molecule has 0 bridgehead atoms. The van der Waals surface area contributed by atoms with E-state index in [0.29, 0.717) is 23.1 Å². The van der Waals surface area contributed by atoms with E-state index in [1.54, 1.807) is 13.0 Å². The zero-order chi connectivity index (χ0) is 22.8. The second-order valence-electron chi connectivity index (χ2n) is 6.99. The molecule has 2 aromatic heterocycles. The third kappa shape index (κ3) is 5.74. The highest BCUT2D eigenvalue weighted by atomic mass is 19.4. The van der Waals surface area contributed by atoms with Crippen LogP contribution < -0.4 is 5.32 Å². The van der Waals surface area contributed by atoms with Gasteiger partial charge >= 0.3 is 12.4 Å². The Morgan fingerprint density at radius 1 is 1.10 bits per heavy atom. The number of nitrogens with one attached hydrogen (secondary N) is 1. The molecule has 31 heavy (non-hydrogen) atoms. The van der Waals surface area contributed by atoms with Crippen LogP contribution in [0.5, 0.6) is 0 Å². The first-order valence-corrected chi connectivity index (χ1v) is 9.30. The number of pyridine rings is 1. The second kappa shape index (κ2) is 8.56. The lowest BCUT2D eigenvalue weighted by Gasteiger charge is -2.17. The molecule has 166 valence electrons. The number of halogens is 6. The Labute approximate surface area is 173 Å². The molecule has 3 rings (SSSR count). The summed E-state index contributed by atoms with van der Waals surface area (Å²) in [5.41, 5.74) is 0.276. The molecule has 1 N–H and O–H groups in total. The van der Waals surface area contributed by atoms with Crippen LogP contribution in [0, 0.1) is 0 Å². The number of nitrogens with zero attached hydrogens (tertiary/aromatic N) is 3. The molecular formula is C20H18F6N4O. The summed E-state index contributed by atoms with van der Waals surface area (Å²) in [6.07, 6.45) is -5.98. The largest absolute Gasteiger partial charge is 0.416 e. The standard InChI is InChI=1S/C20H18F6N4O/c1-2-15(29-18(31)7-12-3-5-14(6-4-12)20(24,25)26)16-8-13-9-28-30(11-19(21,22)23)17(13)10-27-16/h3-6,8-10,15H,2,7,11H2,1H3,(H,29,31). The number of alkyl halides is 6. The summed E-state index contributed by atoms with van der Waals surface area (Å²) in [5, 5.41) is 6.94. The third-order valence-electron chi connectivity index (χ3n) is 4.62. The number of rotatable bonds is 6. The van der Waals surface area contributed by atoms with Gasteiger partial charge in [0.15, 0.2) is 0 Å². The highest BCUT2D eigenvalue weighted by molar-refractivity contribution is 5.80. The first kappa shape index (κ1) is 22.6. The van der Waals surface area contributed by atoms with Crippen molar-refractivity contribution in [3.8, 4) is 0 Å². The Kier molecular flexibility index (Phi) is 6.23. The van der Waals surface area contributed by atoms with Gasteiger partial charge in [0.25, 0.3) is 0 Å². The molecule has 0 spiro atoms. The van der Waals surface area contributed by atoms with Crippen LogP contribution in [0.4, 0.5) is 26.3 Å². The number of aromatic nitrogens is 3. The molecule has 1 amide bonds. The molecule has 0 radical (unpaired) electrons. The fourth-order valence-electron chi connectivity index (χ4n) is 3.11. The number of hydrogen-bond acceptors (Lipinski definition) is 3. The molecule has 0 fully saturated rings. The smallest absolute Gasteiger partial charge is 0.347 e. The van der Waals surface area contributed by atoms with E-state index < -0.39 is 36.4 Å². The van der Waals surface area contributed by atoms with Gasteiger partial charge in [-0.15, -0.1) is 0 Å². The Bertz CT molecular complexity index is 1060. The Hall–Kier alpha value is -3.11. The number of fused-ring (bicyclic) bond motifs is 1. The highest BCUT2D eigenvalue weighted by Gasteiger charge is 2.30. The Morgan fingerprint density at radius 2 is 1.77 bits per heavy atom. The second-order valence-corrected chi connectivity index (χ2v) is 6.99. The molecule has 5 nitrogen and oxygen atoms in total. The minimum Gasteiger partial charge on any atom is -0.347 e. The predicted molar refractivity (Wildman–Crippen MR) is 99.9 cm³/mol. The molecule has 0 aliphatic heterocycles. The fraction of sp³-hybridized carbons (Fsp3) is 0.350. The van der Waals surface area contributed by atoms with Gasteiger partial charge in [-0.2, -0.15) is 31.4 Å². The third-order valence-corrected chi connectivity index (χ3v) is 4.62. The summed E-state index contributed by atoms with van der Waals surface area (Å²) in [5.74, 6) is -0.415. The molecule has 0 saturated heterocycles. The average molecular weight is 444 g/mol. The monoisotopic (exact) mass is 444 g/mol. The van der Waals surface area contributed by atoms with Crippen molar-refractivity contribution in [3.05, 3.63) is 59.5 Å². The minimum absolute atomic E-state index is 0.125. The summed E-state index contributed by atoms with van der Waals surface area (Å²) in [7, 11) is 0.